The summed E-state index contributed by atoms with van der Waals surface area (Å²) in [5.74, 6) is -3.01. The number of hydrogen-bond donors (Lipinski definition) is 6. The Kier molecular flexibility index (Phi) is 9.39. The van der Waals surface area contributed by atoms with Gasteiger partial charge < -0.3 is 40.0 Å². The van der Waals surface area contributed by atoms with Gasteiger partial charge in [-0.05, 0) is 29.8 Å². The molecular weight excluding hydrogens is 516 g/mol. The Morgan fingerprint density at radius 2 is 1.87 bits per heavy atom. The molecule has 1 aliphatic heterocycles. The largest absolute Gasteiger partial charge is 0.511 e. The number of benzene rings is 1. The van der Waals surface area contributed by atoms with Crippen molar-refractivity contribution in [1.82, 2.24) is 14.9 Å². The lowest BCUT2D eigenvalue weighted by atomic mass is 9.97. The maximum atomic E-state index is 10.8. The van der Waals surface area contributed by atoms with E-state index in [0.29, 0.717) is 22.2 Å². The van der Waals surface area contributed by atoms with Crippen molar-refractivity contribution in [3.05, 3.63) is 42.1 Å². The summed E-state index contributed by atoms with van der Waals surface area (Å²) in [4.78, 5) is 40.8. The number of aliphatic hydroxyl groups is 1. The SMILES string of the molecule is N#CCC(O)(CC(=O)O)C(=O)O.O=C(O)Oc1ccc2[nH]c(O)c(-c3ccc(CN4CCOCC4)cn3)c2c1. The molecule has 2 aromatic heterocycles. The van der Waals surface area contributed by atoms with Gasteiger partial charge in [0, 0.05) is 36.7 Å². The predicted octanol–water partition coefficient (Wildman–Crippen LogP) is 2.01. The highest BCUT2D eigenvalue weighted by Crippen LogP contribution is 2.37. The van der Waals surface area contributed by atoms with Crippen molar-refractivity contribution in [2.45, 2.75) is 25.0 Å². The second-order valence-electron chi connectivity index (χ2n) is 8.61. The number of morpholine rings is 1. The minimum absolute atomic E-state index is 0.0223. The van der Waals surface area contributed by atoms with Crippen molar-refractivity contribution >= 4 is 29.0 Å². The van der Waals surface area contributed by atoms with Crippen molar-refractivity contribution in [1.29, 1.82) is 5.26 Å². The molecule has 1 aromatic carbocycles. The summed E-state index contributed by atoms with van der Waals surface area (Å²) < 4.78 is 10.1. The van der Waals surface area contributed by atoms with Gasteiger partial charge in [-0.15, -0.1) is 0 Å². The fraction of sp³-hybridized carbons (Fsp3) is 0.320. The molecule has 39 heavy (non-hydrogen) atoms. The fourth-order valence-corrected chi connectivity index (χ4v) is 3.86. The second-order valence-corrected chi connectivity index (χ2v) is 8.61. The average molecular weight is 543 g/mol. The van der Waals surface area contributed by atoms with E-state index in [4.69, 9.17) is 35.2 Å². The lowest BCUT2D eigenvalue weighted by Gasteiger charge is -2.26. The summed E-state index contributed by atoms with van der Waals surface area (Å²) >= 11 is 0. The zero-order chi connectivity index (χ0) is 28.6. The maximum Gasteiger partial charge on any atom is 0.511 e. The van der Waals surface area contributed by atoms with Crippen LogP contribution in [0.5, 0.6) is 11.6 Å². The molecule has 1 fully saturated rings. The summed E-state index contributed by atoms with van der Waals surface area (Å²) in [6.45, 7) is 4.09. The monoisotopic (exact) mass is 542 g/mol. The van der Waals surface area contributed by atoms with Crippen molar-refractivity contribution in [2.24, 2.45) is 0 Å². The van der Waals surface area contributed by atoms with Crippen LogP contribution in [0.2, 0.25) is 0 Å². The van der Waals surface area contributed by atoms with E-state index in [-0.39, 0.29) is 11.6 Å². The van der Waals surface area contributed by atoms with E-state index in [0.717, 1.165) is 38.4 Å². The first-order chi connectivity index (χ1) is 18.5. The predicted molar refractivity (Wildman–Crippen MR) is 133 cm³/mol. The quantitative estimate of drug-likeness (QED) is 0.177. The number of nitrogens with one attached hydrogen (secondary N) is 1. The molecule has 1 atom stereocenters. The van der Waals surface area contributed by atoms with Crippen LogP contribution in [-0.2, 0) is 20.9 Å². The highest BCUT2D eigenvalue weighted by Gasteiger charge is 2.38. The number of nitriles is 1. The van der Waals surface area contributed by atoms with Gasteiger partial charge >= 0.3 is 18.1 Å². The summed E-state index contributed by atoms with van der Waals surface area (Å²) in [7, 11) is 0. The molecule has 4 rings (SSSR count). The number of rotatable bonds is 8. The normalized spacial score (nSPS) is 14.9. The molecule has 0 amide bonds. The Morgan fingerprint density at radius 3 is 2.44 bits per heavy atom. The molecule has 3 aromatic rings. The lowest BCUT2D eigenvalue weighted by Crippen LogP contribution is -2.40. The van der Waals surface area contributed by atoms with Gasteiger partial charge in [0.2, 0.25) is 0 Å². The van der Waals surface area contributed by atoms with E-state index in [1.54, 1.807) is 18.3 Å². The van der Waals surface area contributed by atoms with Gasteiger partial charge in [0.15, 0.2) is 11.5 Å². The third-order valence-electron chi connectivity index (χ3n) is 5.76. The maximum absolute atomic E-state index is 10.8. The number of hydrogen-bond acceptors (Lipinski definition) is 10. The van der Waals surface area contributed by atoms with Crippen molar-refractivity contribution < 1.29 is 49.4 Å². The Bertz CT molecular complexity index is 1380. The number of aromatic amines is 1. The second kappa shape index (κ2) is 12.7. The Morgan fingerprint density at radius 1 is 1.15 bits per heavy atom. The number of nitrogens with zero attached hydrogens (tertiary/aromatic N) is 3. The summed E-state index contributed by atoms with van der Waals surface area (Å²) in [5.41, 5.74) is 0.380. The number of fused-ring (bicyclic) bond motifs is 1. The van der Waals surface area contributed by atoms with E-state index in [9.17, 15) is 19.5 Å². The highest BCUT2D eigenvalue weighted by atomic mass is 16.7. The zero-order valence-electron chi connectivity index (χ0n) is 20.5. The molecule has 6 N–H and O–H groups in total. The van der Waals surface area contributed by atoms with E-state index in [1.807, 2.05) is 12.1 Å². The van der Waals surface area contributed by atoms with Gasteiger partial charge in [0.25, 0.3) is 0 Å². The van der Waals surface area contributed by atoms with Crippen molar-refractivity contribution in [2.75, 3.05) is 26.3 Å². The summed E-state index contributed by atoms with van der Waals surface area (Å²) in [6.07, 6.45) is -1.31. The van der Waals surface area contributed by atoms with Crippen LogP contribution in [0.25, 0.3) is 22.2 Å². The zero-order valence-corrected chi connectivity index (χ0v) is 20.5. The first-order valence-corrected chi connectivity index (χ1v) is 11.6. The van der Waals surface area contributed by atoms with Crippen LogP contribution in [0.1, 0.15) is 18.4 Å². The van der Waals surface area contributed by atoms with Gasteiger partial charge in [-0.1, -0.05) is 6.07 Å². The molecule has 1 saturated heterocycles. The first kappa shape index (κ1) is 28.9. The number of pyridine rings is 1. The van der Waals surface area contributed by atoms with E-state index < -0.39 is 36.5 Å². The van der Waals surface area contributed by atoms with E-state index in [1.165, 1.54) is 12.1 Å². The first-order valence-electron chi connectivity index (χ1n) is 11.6. The Balaban J connectivity index is 0.000000298. The number of carboxylic acids is 2. The van der Waals surface area contributed by atoms with Crippen LogP contribution in [-0.4, -0.2) is 90.4 Å². The molecule has 14 heteroatoms. The smallest absolute Gasteiger partial charge is 0.494 e. The molecule has 0 saturated carbocycles. The summed E-state index contributed by atoms with van der Waals surface area (Å²) in [6, 6.07) is 9.98. The van der Waals surface area contributed by atoms with Crippen LogP contribution >= 0.6 is 0 Å². The van der Waals surface area contributed by atoms with E-state index >= 15 is 0 Å². The van der Waals surface area contributed by atoms with Gasteiger partial charge in [-0.25, -0.2) is 9.59 Å². The fourth-order valence-electron chi connectivity index (χ4n) is 3.86. The van der Waals surface area contributed by atoms with Gasteiger partial charge in [0.05, 0.1) is 43.4 Å². The molecule has 3 heterocycles. The minimum Gasteiger partial charge on any atom is -0.494 e. The number of carboxylic acid groups (broad SMARTS) is 3. The molecule has 1 aliphatic rings. The third kappa shape index (κ3) is 7.65. The molecule has 0 aliphatic carbocycles. The number of aromatic nitrogens is 2. The van der Waals surface area contributed by atoms with Gasteiger partial charge in [-0.2, -0.15) is 5.26 Å². The average Bonchev–Trinajstić information content (AvgIpc) is 3.20. The van der Waals surface area contributed by atoms with Gasteiger partial charge in [-0.3, -0.25) is 14.7 Å². The summed E-state index contributed by atoms with van der Waals surface area (Å²) in [5, 5.41) is 53.4. The molecule has 14 nitrogen and oxygen atoms in total. The van der Waals surface area contributed by atoms with E-state index in [2.05, 4.69) is 14.9 Å². The number of aliphatic carboxylic acids is 2. The topological polar surface area (TPSA) is 227 Å². The Hall–Kier alpha value is -4.71. The molecule has 0 spiro atoms. The molecule has 0 bridgehead atoms. The van der Waals surface area contributed by atoms with Crippen LogP contribution in [0.4, 0.5) is 4.79 Å². The third-order valence-corrected chi connectivity index (χ3v) is 5.76. The minimum atomic E-state index is -2.47. The van der Waals surface area contributed by atoms with Crippen LogP contribution in [0, 0.1) is 11.3 Å². The van der Waals surface area contributed by atoms with Crippen molar-refractivity contribution in [3.63, 3.8) is 0 Å². The molecule has 206 valence electrons. The van der Waals surface area contributed by atoms with Crippen molar-refractivity contribution in [3.8, 4) is 29.0 Å². The number of carbonyl (C=O) groups is 3. The van der Waals surface area contributed by atoms with Crippen LogP contribution in [0.3, 0.4) is 0 Å². The van der Waals surface area contributed by atoms with Gasteiger partial charge in [0.1, 0.15) is 5.75 Å². The highest BCUT2D eigenvalue weighted by molar-refractivity contribution is 5.99. The number of H-pyrrole nitrogens is 1. The lowest BCUT2D eigenvalue weighted by molar-refractivity contribution is -0.164. The standard InChI is InChI=1S/C19H19N3O5.C6H7NO5/c23-18-17(14-9-13(27-19(24)25)2-4-15(14)21-18)16-3-1-12(10-20-16)11-22-5-7-26-8-6-22;7-2-1-6(12,5(10)11)3-4(8)9/h1-4,9-10,21,23H,5-8,11H2,(H,24,25);12H,1,3H2,(H,8,9)(H,10,11). The van der Waals surface area contributed by atoms with Crippen LogP contribution in [0.15, 0.2) is 36.5 Å². The van der Waals surface area contributed by atoms with Crippen LogP contribution < -0.4 is 4.74 Å². The molecular formula is C25H26N4O10. The number of aromatic hydroxyl groups is 1. The Labute approximate surface area is 221 Å². The molecule has 1 unspecified atom stereocenters. The number of ether oxygens (including phenoxy) is 2. The molecule has 0 radical (unpaired) electrons.